The smallest absolute Gasteiger partial charge is 0.426 e. The molecule has 0 unspecified atom stereocenters. The minimum atomic E-state index is -0.548. The van der Waals surface area contributed by atoms with E-state index in [1.807, 2.05) is 0 Å². The molecule has 1 heterocycles. The molecule has 0 aliphatic heterocycles. The molecule has 0 fully saturated rings. The first kappa shape index (κ1) is 13.0. The van der Waals surface area contributed by atoms with Gasteiger partial charge in [-0.25, -0.2) is 10.2 Å². The topological polar surface area (TPSA) is 63.2 Å². The monoisotopic (exact) mass is 235 g/mol. The van der Waals surface area contributed by atoms with E-state index in [0.29, 0.717) is 5.70 Å². The first-order valence-corrected chi connectivity index (χ1v) is 5.23. The molecule has 0 aromatic carbocycles. The molecule has 5 heteroatoms. The summed E-state index contributed by atoms with van der Waals surface area (Å²) in [4.78, 5) is 15.2. The third kappa shape index (κ3) is 5.01. The summed E-state index contributed by atoms with van der Waals surface area (Å²) in [6.45, 7) is 9.17. The summed E-state index contributed by atoms with van der Waals surface area (Å²) in [5, 5.41) is 0. The van der Waals surface area contributed by atoms with E-state index in [9.17, 15) is 4.79 Å². The van der Waals surface area contributed by atoms with Crippen LogP contribution in [-0.2, 0) is 4.74 Å². The van der Waals surface area contributed by atoms with Gasteiger partial charge < -0.3 is 4.74 Å². The van der Waals surface area contributed by atoms with Crippen LogP contribution in [0.2, 0.25) is 0 Å². The second kappa shape index (κ2) is 5.34. The fourth-order valence-electron chi connectivity index (χ4n) is 1.06. The van der Waals surface area contributed by atoms with Crippen molar-refractivity contribution in [2.45, 2.75) is 26.4 Å². The minimum Gasteiger partial charge on any atom is -0.443 e. The van der Waals surface area contributed by atoms with Gasteiger partial charge in [-0.2, -0.15) is 0 Å². The first-order chi connectivity index (χ1) is 7.88. The average Bonchev–Trinajstić information content (AvgIpc) is 2.25. The summed E-state index contributed by atoms with van der Waals surface area (Å²) in [7, 11) is 0. The minimum absolute atomic E-state index is 0.524. The van der Waals surface area contributed by atoms with Gasteiger partial charge in [0.05, 0.1) is 5.70 Å². The van der Waals surface area contributed by atoms with Crippen molar-refractivity contribution >= 4 is 11.8 Å². The zero-order valence-corrected chi connectivity index (χ0v) is 10.3. The SMILES string of the molecule is C=C(NNC(=O)OC(C)(C)C)c1ccncc1. The van der Waals surface area contributed by atoms with Crippen molar-refractivity contribution in [3.05, 3.63) is 36.7 Å². The van der Waals surface area contributed by atoms with Crippen LogP contribution >= 0.6 is 0 Å². The Balaban J connectivity index is 2.42. The Morgan fingerprint density at radius 2 is 1.88 bits per heavy atom. The van der Waals surface area contributed by atoms with Gasteiger partial charge >= 0.3 is 6.09 Å². The molecule has 0 spiro atoms. The number of nitrogens with one attached hydrogen (secondary N) is 2. The number of pyridine rings is 1. The molecule has 1 aromatic rings. The van der Waals surface area contributed by atoms with Gasteiger partial charge in [-0.15, -0.1) is 0 Å². The summed E-state index contributed by atoms with van der Waals surface area (Å²) >= 11 is 0. The van der Waals surface area contributed by atoms with Gasteiger partial charge in [0.15, 0.2) is 0 Å². The second-order valence-corrected chi connectivity index (χ2v) is 4.47. The number of hydrogen-bond donors (Lipinski definition) is 2. The molecule has 0 radical (unpaired) electrons. The van der Waals surface area contributed by atoms with E-state index in [0.717, 1.165) is 5.56 Å². The summed E-state index contributed by atoms with van der Waals surface area (Å²) in [6, 6.07) is 3.57. The summed E-state index contributed by atoms with van der Waals surface area (Å²) in [5.41, 5.74) is 5.97. The maximum atomic E-state index is 11.3. The maximum absolute atomic E-state index is 11.3. The van der Waals surface area contributed by atoms with Gasteiger partial charge in [0.25, 0.3) is 0 Å². The van der Waals surface area contributed by atoms with Crippen LogP contribution in [0.4, 0.5) is 4.79 Å². The van der Waals surface area contributed by atoms with E-state index < -0.39 is 11.7 Å². The fourth-order valence-corrected chi connectivity index (χ4v) is 1.06. The Morgan fingerprint density at radius 1 is 1.29 bits per heavy atom. The molecule has 1 rings (SSSR count). The molecule has 0 saturated heterocycles. The summed E-state index contributed by atoms with van der Waals surface area (Å²) < 4.78 is 5.06. The second-order valence-electron chi connectivity index (χ2n) is 4.47. The van der Waals surface area contributed by atoms with Crippen molar-refractivity contribution in [1.29, 1.82) is 0 Å². The van der Waals surface area contributed by atoms with Crippen LogP contribution in [0.15, 0.2) is 31.1 Å². The Labute approximate surface area is 101 Å². The molecule has 5 nitrogen and oxygen atoms in total. The van der Waals surface area contributed by atoms with Crippen LogP contribution in [0.1, 0.15) is 26.3 Å². The molecule has 92 valence electrons. The van der Waals surface area contributed by atoms with E-state index in [4.69, 9.17) is 4.74 Å². The van der Waals surface area contributed by atoms with Gasteiger partial charge in [-0.05, 0) is 32.9 Å². The van der Waals surface area contributed by atoms with Crippen LogP contribution < -0.4 is 10.9 Å². The van der Waals surface area contributed by atoms with Gasteiger partial charge in [-0.3, -0.25) is 10.4 Å². The molecular weight excluding hydrogens is 218 g/mol. The van der Waals surface area contributed by atoms with Crippen LogP contribution in [0.3, 0.4) is 0 Å². The third-order valence-corrected chi connectivity index (χ3v) is 1.74. The van der Waals surface area contributed by atoms with Crippen molar-refractivity contribution in [1.82, 2.24) is 15.8 Å². The van der Waals surface area contributed by atoms with Crippen molar-refractivity contribution in [3.63, 3.8) is 0 Å². The number of hydrogen-bond acceptors (Lipinski definition) is 4. The lowest BCUT2D eigenvalue weighted by Gasteiger charge is -2.20. The molecule has 0 aliphatic carbocycles. The quantitative estimate of drug-likeness (QED) is 0.787. The van der Waals surface area contributed by atoms with Crippen LogP contribution in [0.5, 0.6) is 0 Å². The first-order valence-electron chi connectivity index (χ1n) is 5.23. The largest absolute Gasteiger partial charge is 0.443 e. The van der Waals surface area contributed by atoms with Crippen molar-refractivity contribution in [2.75, 3.05) is 0 Å². The average molecular weight is 235 g/mol. The van der Waals surface area contributed by atoms with Crippen LogP contribution in [-0.4, -0.2) is 16.7 Å². The molecule has 17 heavy (non-hydrogen) atoms. The lowest BCUT2D eigenvalue weighted by Crippen LogP contribution is -2.40. The summed E-state index contributed by atoms with van der Waals surface area (Å²) in [6.07, 6.45) is 2.75. The number of ether oxygens (including phenoxy) is 1. The molecular formula is C12H17N3O2. The predicted octanol–water partition coefficient (Wildman–Crippen LogP) is 2.08. The van der Waals surface area contributed by atoms with E-state index >= 15 is 0 Å². The number of aromatic nitrogens is 1. The third-order valence-electron chi connectivity index (χ3n) is 1.74. The Bertz CT molecular complexity index is 396. The maximum Gasteiger partial charge on any atom is 0.426 e. The highest BCUT2D eigenvalue weighted by atomic mass is 16.6. The summed E-state index contributed by atoms with van der Waals surface area (Å²) in [5.74, 6) is 0. The molecule has 1 aromatic heterocycles. The molecule has 2 N–H and O–H groups in total. The van der Waals surface area contributed by atoms with E-state index in [1.165, 1.54) is 0 Å². The Kier molecular flexibility index (Phi) is 4.09. The Morgan fingerprint density at radius 3 is 2.41 bits per heavy atom. The number of carbonyl (C=O) groups is 1. The fraction of sp³-hybridized carbons (Fsp3) is 0.333. The van der Waals surface area contributed by atoms with Gasteiger partial charge in [0.2, 0.25) is 0 Å². The molecule has 1 amide bonds. The van der Waals surface area contributed by atoms with Gasteiger partial charge in [0, 0.05) is 18.0 Å². The van der Waals surface area contributed by atoms with E-state index in [1.54, 1.807) is 45.3 Å². The lowest BCUT2D eigenvalue weighted by atomic mass is 10.2. The highest BCUT2D eigenvalue weighted by molar-refractivity contribution is 5.70. The molecule has 0 saturated carbocycles. The number of nitrogens with zero attached hydrogens (tertiary/aromatic N) is 1. The number of hydrazine groups is 1. The van der Waals surface area contributed by atoms with Crippen molar-refractivity contribution in [2.24, 2.45) is 0 Å². The van der Waals surface area contributed by atoms with Gasteiger partial charge in [-0.1, -0.05) is 6.58 Å². The standard InChI is InChI=1S/C12H17N3O2/c1-9(10-5-7-13-8-6-10)14-15-11(16)17-12(2,3)4/h5-8,14H,1H2,2-4H3,(H,15,16). The number of rotatable bonds is 3. The molecule has 0 aliphatic rings. The van der Waals surface area contributed by atoms with Crippen molar-refractivity contribution < 1.29 is 9.53 Å². The normalized spacial score (nSPS) is 10.5. The highest BCUT2D eigenvalue weighted by Gasteiger charge is 2.15. The van der Waals surface area contributed by atoms with Crippen LogP contribution in [0.25, 0.3) is 5.70 Å². The lowest BCUT2D eigenvalue weighted by molar-refractivity contribution is 0.0511. The number of amides is 1. The van der Waals surface area contributed by atoms with Crippen molar-refractivity contribution in [3.8, 4) is 0 Å². The zero-order chi connectivity index (χ0) is 12.9. The van der Waals surface area contributed by atoms with E-state index in [2.05, 4.69) is 22.4 Å². The predicted molar refractivity (Wildman–Crippen MR) is 65.8 cm³/mol. The number of carbonyl (C=O) groups excluding carboxylic acids is 1. The van der Waals surface area contributed by atoms with E-state index in [-0.39, 0.29) is 0 Å². The Hall–Kier alpha value is -2.04. The highest BCUT2D eigenvalue weighted by Crippen LogP contribution is 2.07. The van der Waals surface area contributed by atoms with Gasteiger partial charge in [0.1, 0.15) is 5.60 Å². The zero-order valence-electron chi connectivity index (χ0n) is 10.3. The molecule has 0 atom stereocenters. The van der Waals surface area contributed by atoms with Crippen LogP contribution in [0, 0.1) is 0 Å². The molecule has 0 bridgehead atoms.